The van der Waals surface area contributed by atoms with Gasteiger partial charge < -0.3 is 5.32 Å². The average molecular weight is 354 g/mol. The lowest BCUT2D eigenvalue weighted by molar-refractivity contribution is -0.120. The summed E-state index contributed by atoms with van der Waals surface area (Å²) in [4.78, 5) is 23.2. The maximum Gasteiger partial charge on any atom is 0.232 e. The highest BCUT2D eigenvalue weighted by Gasteiger charge is 2.18. The molecule has 1 N–H and O–H groups in total. The Bertz CT molecular complexity index is 666. The molecule has 0 aliphatic carbocycles. The molecule has 0 saturated carbocycles. The second-order valence-corrected chi connectivity index (χ2v) is 8.13. The molecule has 0 spiro atoms. The van der Waals surface area contributed by atoms with Crippen LogP contribution in [0.3, 0.4) is 0 Å². The van der Waals surface area contributed by atoms with E-state index < -0.39 is 10.0 Å². The predicted molar refractivity (Wildman–Crippen MR) is 95.7 cm³/mol. The molecule has 0 bridgehead atoms. The van der Waals surface area contributed by atoms with E-state index in [1.165, 1.54) is 11.2 Å². The van der Waals surface area contributed by atoms with Gasteiger partial charge in [-0.25, -0.2) is 8.42 Å². The molecule has 0 unspecified atom stereocenters. The number of hydrogen-bond donors (Lipinski definition) is 1. The van der Waals surface area contributed by atoms with Crippen LogP contribution in [0, 0.1) is 5.92 Å². The van der Waals surface area contributed by atoms with Crippen molar-refractivity contribution in [1.82, 2.24) is 5.32 Å². The molecule has 1 aromatic rings. The Morgan fingerprint density at radius 1 is 1.17 bits per heavy atom. The maximum atomic E-state index is 12.0. The van der Waals surface area contributed by atoms with Crippen LogP contribution in [-0.4, -0.2) is 39.5 Å². The molecule has 1 amide bonds. The number of nitrogens with one attached hydrogen (secondary N) is 1. The van der Waals surface area contributed by atoms with Gasteiger partial charge in [0.15, 0.2) is 5.78 Å². The fourth-order valence-corrected chi connectivity index (χ4v) is 3.07. The molecule has 0 saturated heterocycles. The van der Waals surface area contributed by atoms with Gasteiger partial charge in [0.1, 0.15) is 0 Å². The number of anilines is 1. The van der Waals surface area contributed by atoms with Gasteiger partial charge in [-0.3, -0.25) is 13.9 Å². The van der Waals surface area contributed by atoms with Crippen LogP contribution in [0.2, 0.25) is 0 Å². The van der Waals surface area contributed by atoms with Crippen molar-refractivity contribution in [3.05, 3.63) is 29.8 Å². The van der Waals surface area contributed by atoms with Crippen molar-refractivity contribution in [2.24, 2.45) is 5.92 Å². The second-order valence-electron chi connectivity index (χ2n) is 6.22. The van der Waals surface area contributed by atoms with Crippen molar-refractivity contribution in [2.75, 3.05) is 23.7 Å². The van der Waals surface area contributed by atoms with E-state index in [4.69, 9.17) is 0 Å². The van der Waals surface area contributed by atoms with Crippen molar-refractivity contribution in [3.63, 3.8) is 0 Å². The molecule has 24 heavy (non-hydrogen) atoms. The number of hydrogen-bond acceptors (Lipinski definition) is 4. The van der Waals surface area contributed by atoms with Gasteiger partial charge in [-0.1, -0.05) is 13.8 Å². The average Bonchev–Trinajstić information content (AvgIpc) is 2.46. The van der Waals surface area contributed by atoms with Crippen LogP contribution in [0.15, 0.2) is 24.3 Å². The summed E-state index contributed by atoms with van der Waals surface area (Å²) in [6.07, 6.45) is 2.07. The Hall–Kier alpha value is -1.89. The zero-order valence-electron chi connectivity index (χ0n) is 14.7. The summed E-state index contributed by atoms with van der Waals surface area (Å²) in [5.74, 6) is 0.235. The Balaban J connectivity index is 2.73. The van der Waals surface area contributed by atoms with Crippen molar-refractivity contribution < 1.29 is 18.0 Å². The molecule has 0 aliphatic heterocycles. The fraction of sp³-hybridized carbons (Fsp3) is 0.529. The van der Waals surface area contributed by atoms with E-state index in [1.54, 1.807) is 24.3 Å². The van der Waals surface area contributed by atoms with E-state index in [1.807, 2.05) is 0 Å². The number of nitrogens with zero attached hydrogens (tertiary/aromatic N) is 1. The van der Waals surface area contributed by atoms with Gasteiger partial charge in [-0.05, 0) is 43.5 Å². The van der Waals surface area contributed by atoms with E-state index in [2.05, 4.69) is 19.2 Å². The molecule has 7 heteroatoms. The van der Waals surface area contributed by atoms with Crippen LogP contribution >= 0.6 is 0 Å². The van der Waals surface area contributed by atoms with Gasteiger partial charge in [0.05, 0.1) is 11.9 Å². The molecule has 0 aromatic heterocycles. The fourth-order valence-electron chi connectivity index (χ4n) is 2.14. The molecule has 0 aliphatic rings. The van der Waals surface area contributed by atoms with Crippen LogP contribution in [0.5, 0.6) is 0 Å². The molecule has 0 heterocycles. The summed E-state index contributed by atoms with van der Waals surface area (Å²) >= 11 is 0. The first-order chi connectivity index (χ1) is 11.1. The number of amides is 1. The molecule has 6 nitrogen and oxygen atoms in total. The first-order valence-electron chi connectivity index (χ1n) is 7.96. The van der Waals surface area contributed by atoms with E-state index >= 15 is 0 Å². The third-order valence-corrected chi connectivity index (χ3v) is 4.74. The summed E-state index contributed by atoms with van der Waals surface area (Å²) in [5, 5.41) is 2.79. The van der Waals surface area contributed by atoms with Crippen LogP contribution in [-0.2, 0) is 14.8 Å². The maximum absolute atomic E-state index is 12.0. The standard InChI is InChI=1S/C17H26N2O4S/c1-13(2)9-11-18-17(21)10-12-19(24(4,22)23)16-7-5-15(6-8-16)14(3)20/h5-8,13H,9-12H2,1-4H3,(H,18,21). The number of carbonyl (C=O) groups excluding carboxylic acids is 2. The van der Waals surface area contributed by atoms with Crippen LogP contribution in [0.4, 0.5) is 5.69 Å². The molecule has 1 rings (SSSR count). The number of Topliss-reactive ketones (excluding diaryl/α,β-unsaturated/α-hetero) is 1. The SMILES string of the molecule is CC(=O)c1ccc(N(CCC(=O)NCCC(C)C)S(C)(=O)=O)cc1. The Kier molecular flexibility index (Phi) is 7.41. The number of carbonyl (C=O) groups is 2. The highest BCUT2D eigenvalue weighted by atomic mass is 32.2. The minimum absolute atomic E-state index is 0.0613. The quantitative estimate of drug-likeness (QED) is 0.689. The number of ketones is 1. The summed E-state index contributed by atoms with van der Waals surface area (Å²) in [7, 11) is -3.51. The van der Waals surface area contributed by atoms with Gasteiger partial charge in [0, 0.05) is 25.1 Å². The van der Waals surface area contributed by atoms with Gasteiger partial charge in [0.2, 0.25) is 15.9 Å². The van der Waals surface area contributed by atoms with Crippen molar-refractivity contribution >= 4 is 27.4 Å². The zero-order valence-corrected chi connectivity index (χ0v) is 15.5. The first kappa shape index (κ1) is 20.2. The first-order valence-corrected chi connectivity index (χ1v) is 9.81. The molecule has 134 valence electrons. The Labute approximate surface area is 144 Å². The van der Waals surface area contributed by atoms with E-state index in [0.717, 1.165) is 12.7 Å². The lowest BCUT2D eigenvalue weighted by atomic mass is 10.1. The largest absolute Gasteiger partial charge is 0.356 e. The van der Waals surface area contributed by atoms with Crippen LogP contribution in [0.1, 0.15) is 44.0 Å². The summed E-state index contributed by atoms with van der Waals surface area (Å²) in [5.41, 5.74) is 0.955. The molecule has 0 radical (unpaired) electrons. The Morgan fingerprint density at radius 2 is 1.75 bits per heavy atom. The number of benzene rings is 1. The van der Waals surface area contributed by atoms with Gasteiger partial charge in [-0.15, -0.1) is 0 Å². The van der Waals surface area contributed by atoms with Gasteiger partial charge >= 0.3 is 0 Å². The van der Waals surface area contributed by atoms with Gasteiger partial charge in [0.25, 0.3) is 0 Å². The van der Waals surface area contributed by atoms with E-state index in [9.17, 15) is 18.0 Å². The summed E-state index contributed by atoms with van der Waals surface area (Å²) in [6.45, 7) is 6.24. The van der Waals surface area contributed by atoms with Crippen LogP contribution in [0.25, 0.3) is 0 Å². The van der Waals surface area contributed by atoms with E-state index in [-0.39, 0.29) is 24.7 Å². The van der Waals surface area contributed by atoms with Crippen molar-refractivity contribution in [2.45, 2.75) is 33.6 Å². The number of rotatable bonds is 9. The molecular weight excluding hydrogens is 328 g/mol. The highest BCUT2D eigenvalue weighted by Crippen LogP contribution is 2.19. The lowest BCUT2D eigenvalue weighted by Gasteiger charge is -2.22. The smallest absolute Gasteiger partial charge is 0.232 e. The van der Waals surface area contributed by atoms with Crippen molar-refractivity contribution in [1.29, 1.82) is 0 Å². The lowest BCUT2D eigenvalue weighted by Crippen LogP contribution is -2.35. The van der Waals surface area contributed by atoms with Gasteiger partial charge in [-0.2, -0.15) is 0 Å². The third-order valence-electron chi connectivity index (χ3n) is 3.55. The summed E-state index contributed by atoms with van der Waals surface area (Å²) in [6, 6.07) is 6.32. The third kappa shape index (κ3) is 6.70. The monoisotopic (exact) mass is 354 g/mol. The van der Waals surface area contributed by atoms with Crippen molar-refractivity contribution in [3.8, 4) is 0 Å². The molecule has 0 atom stereocenters. The predicted octanol–water partition coefficient (Wildman–Crippen LogP) is 2.21. The van der Waals surface area contributed by atoms with E-state index in [0.29, 0.717) is 23.7 Å². The molecule has 1 aromatic carbocycles. The van der Waals surface area contributed by atoms with Crippen LogP contribution < -0.4 is 9.62 Å². The summed E-state index contributed by atoms with van der Waals surface area (Å²) < 4.78 is 25.2. The molecular formula is C17H26N2O4S. The Morgan fingerprint density at radius 3 is 2.21 bits per heavy atom. The molecule has 0 fully saturated rings. The number of sulfonamides is 1. The zero-order chi connectivity index (χ0) is 18.3. The minimum atomic E-state index is -3.51. The highest BCUT2D eigenvalue weighted by molar-refractivity contribution is 7.92. The topological polar surface area (TPSA) is 83.6 Å². The normalized spacial score (nSPS) is 11.4. The minimum Gasteiger partial charge on any atom is -0.356 e. The second kappa shape index (κ2) is 8.82.